The zero-order chi connectivity index (χ0) is 14.0. The molecule has 0 spiro atoms. The van der Waals surface area contributed by atoms with Crippen LogP contribution in [0.15, 0.2) is 29.6 Å². The quantitative estimate of drug-likeness (QED) is 0.703. The van der Waals surface area contributed by atoms with Crippen LogP contribution >= 0.6 is 12.2 Å². The number of anilines is 1. The Morgan fingerprint density at radius 2 is 2.26 bits per heavy atom. The summed E-state index contributed by atoms with van der Waals surface area (Å²) >= 11 is 4.73. The van der Waals surface area contributed by atoms with E-state index < -0.39 is 20.9 Å². The van der Waals surface area contributed by atoms with Crippen LogP contribution in [0.1, 0.15) is 5.56 Å². The molecule has 100 valence electrons. The number of H-pyrrole nitrogens is 1. The molecule has 0 aliphatic rings. The van der Waals surface area contributed by atoms with Crippen molar-refractivity contribution in [2.45, 2.75) is 5.03 Å². The van der Waals surface area contributed by atoms with Crippen LogP contribution in [0.25, 0.3) is 0 Å². The lowest BCUT2D eigenvalue weighted by Crippen LogP contribution is -2.19. The molecule has 0 saturated heterocycles. The Morgan fingerprint density at radius 3 is 2.89 bits per heavy atom. The Kier molecular flexibility index (Phi) is 3.44. The topological polar surface area (TPSA) is 114 Å². The molecule has 0 fully saturated rings. The van der Waals surface area contributed by atoms with Crippen LogP contribution in [0.2, 0.25) is 0 Å². The summed E-state index contributed by atoms with van der Waals surface area (Å²) in [4.78, 5) is 3.43. The van der Waals surface area contributed by atoms with Gasteiger partial charge in [-0.05, 0) is 12.1 Å². The minimum atomic E-state index is -4.19. The molecule has 0 saturated carbocycles. The summed E-state index contributed by atoms with van der Waals surface area (Å²) in [5, 5.41) is 5.26. The first kappa shape index (κ1) is 13.4. The van der Waals surface area contributed by atoms with Gasteiger partial charge in [-0.25, -0.2) is 9.37 Å². The average molecular weight is 301 g/mol. The third-order valence-corrected chi connectivity index (χ3v) is 3.62. The summed E-state index contributed by atoms with van der Waals surface area (Å²) in [6.07, 6.45) is 2.42. The van der Waals surface area contributed by atoms with Crippen molar-refractivity contribution in [2.24, 2.45) is 5.73 Å². The van der Waals surface area contributed by atoms with Crippen molar-refractivity contribution in [3.05, 3.63) is 35.9 Å². The first-order valence-corrected chi connectivity index (χ1v) is 6.77. The van der Waals surface area contributed by atoms with Crippen LogP contribution in [-0.4, -0.2) is 28.6 Å². The Balaban J connectivity index is 2.40. The Labute approximate surface area is 113 Å². The highest BCUT2D eigenvalue weighted by atomic mass is 32.2. The maximum Gasteiger partial charge on any atom is 0.283 e. The minimum absolute atomic E-state index is 0.0439. The standard InChI is InChI=1S/C9H8FN5O2S2/c10-6-2-1-3-12-9(6)19(16,17)15-8-5(7(11)18)4-13-14-8/h1-4H,(H2,11,18)(H2,13,14,15). The number of sulfonamides is 1. The van der Waals surface area contributed by atoms with Gasteiger partial charge in [0.2, 0.25) is 5.03 Å². The number of rotatable bonds is 4. The molecule has 0 unspecified atom stereocenters. The van der Waals surface area contributed by atoms with Crippen molar-refractivity contribution in [1.82, 2.24) is 15.2 Å². The summed E-state index contributed by atoms with van der Waals surface area (Å²) in [5.41, 5.74) is 5.60. The van der Waals surface area contributed by atoms with Crippen molar-refractivity contribution in [1.29, 1.82) is 0 Å². The SMILES string of the molecule is NC(=S)c1cn[nH]c1NS(=O)(=O)c1ncccc1F. The lowest BCUT2D eigenvalue weighted by molar-refractivity contribution is 0.556. The highest BCUT2D eigenvalue weighted by molar-refractivity contribution is 7.92. The second kappa shape index (κ2) is 4.90. The number of pyridine rings is 1. The van der Waals surface area contributed by atoms with Gasteiger partial charge in [-0.15, -0.1) is 0 Å². The van der Waals surface area contributed by atoms with E-state index in [-0.39, 0.29) is 16.4 Å². The summed E-state index contributed by atoms with van der Waals surface area (Å²) in [6.45, 7) is 0. The molecule has 0 aromatic carbocycles. The van der Waals surface area contributed by atoms with Gasteiger partial charge in [-0.3, -0.25) is 9.82 Å². The summed E-state index contributed by atoms with van der Waals surface area (Å²) < 4.78 is 39.4. The van der Waals surface area contributed by atoms with E-state index in [1.54, 1.807) is 0 Å². The predicted molar refractivity (Wildman–Crippen MR) is 69.5 cm³/mol. The maximum atomic E-state index is 13.4. The first-order valence-electron chi connectivity index (χ1n) is 4.88. The van der Waals surface area contributed by atoms with E-state index in [1.165, 1.54) is 18.5 Å². The lowest BCUT2D eigenvalue weighted by Gasteiger charge is -2.07. The predicted octanol–water partition coefficient (Wildman–Crippen LogP) is 0.379. The van der Waals surface area contributed by atoms with E-state index in [0.29, 0.717) is 0 Å². The van der Waals surface area contributed by atoms with Crippen LogP contribution in [-0.2, 0) is 10.0 Å². The van der Waals surface area contributed by atoms with Crippen molar-refractivity contribution >= 4 is 33.0 Å². The van der Waals surface area contributed by atoms with E-state index in [1.807, 2.05) is 0 Å². The second-order valence-corrected chi connectivity index (χ2v) is 5.46. The van der Waals surface area contributed by atoms with Crippen molar-refractivity contribution < 1.29 is 12.8 Å². The Hall–Kier alpha value is -2.07. The van der Waals surface area contributed by atoms with Gasteiger partial charge in [0.25, 0.3) is 10.0 Å². The molecule has 2 aromatic heterocycles. The fourth-order valence-electron chi connectivity index (χ4n) is 1.30. The molecule has 7 nitrogen and oxygen atoms in total. The number of hydrogen-bond donors (Lipinski definition) is 3. The van der Waals surface area contributed by atoms with E-state index in [0.717, 1.165) is 6.07 Å². The Morgan fingerprint density at radius 1 is 1.53 bits per heavy atom. The zero-order valence-corrected chi connectivity index (χ0v) is 10.9. The van der Waals surface area contributed by atoms with Gasteiger partial charge in [0, 0.05) is 6.20 Å². The van der Waals surface area contributed by atoms with Crippen LogP contribution in [0.3, 0.4) is 0 Å². The van der Waals surface area contributed by atoms with E-state index in [2.05, 4.69) is 19.9 Å². The fourth-order valence-corrected chi connectivity index (χ4v) is 2.50. The minimum Gasteiger partial charge on any atom is -0.389 e. The molecular formula is C9H8FN5O2S2. The van der Waals surface area contributed by atoms with Gasteiger partial charge in [0.05, 0.1) is 11.8 Å². The molecule has 2 rings (SSSR count). The summed E-state index contributed by atoms with van der Waals surface area (Å²) in [5.74, 6) is -1.01. The van der Waals surface area contributed by atoms with Gasteiger partial charge in [-0.2, -0.15) is 13.5 Å². The zero-order valence-electron chi connectivity index (χ0n) is 9.29. The number of thiocarbonyl (C=S) groups is 1. The fraction of sp³-hybridized carbons (Fsp3) is 0. The summed E-state index contributed by atoms with van der Waals surface area (Å²) in [6, 6.07) is 2.27. The average Bonchev–Trinajstić information content (AvgIpc) is 2.76. The number of nitrogens with one attached hydrogen (secondary N) is 2. The number of nitrogens with zero attached hydrogens (tertiary/aromatic N) is 2. The number of hydrogen-bond acceptors (Lipinski definition) is 5. The number of halogens is 1. The van der Waals surface area contributed by atoms with Gasteiger partial charge in [0.1, 0.15) is 10.8 Å². The molecule has 0 aliphatic heterocycles. The normalized spacial score (nSPS) is 11.2. The summed E-state index contributed by atoms with van der Waals surface area (Å²) in [7, 11) is -4.19. The van der Waals surface area contributed by atoms with Crippen molar-refractivity contribution in [2.75, 3.05) is 4.72 Å². The smallest absolute Gasteiger partial charge is 0.283 e. The molecule has 10 heteroatoms. The molecule has 0 radical (unpaired) electrons. The van der Waals surface area contributed by atoms with Gasteiger partial charge < -0.3 is 5.73 Å². The van der Waals surface area contributed by atoms with Crippen LogP contribution in [0, 0.1) is 5.82 Å². The van der Waals surface area contributed by atoms with E-state index in [9.17, 15) is 12.8 Å². The molecule has 0 bridgehead atoms. The molecule has 2 heterocycles. The third kappa shape index (κ3) is 2.69. The number of aromatic nitrogens is 3. The first-order chi connectivity index (χ1) is 8.92. The second-order valence-electron chi connectivity index (χ2n) is 3.42. The highest BCUT2D eigenvalue weighted by Crippen LogP contribution is 2.17. The van der Waals surface area contributed by atoms with Gasteiger partial charge in [0.15, 0.2) is 5.82 Å². The van der Waals surface area contributed by atoms with Crippen LogP contribution in [0.5, 0.6) is 0 Å². The van der Waals surface area contributed by atoms with Gasteiger partial charge in [-0.1, -0.05) is 12.2 Å². The molecule has 2 aromatic rings. The highest BCUT2D eigenvalue weighted by Gasteiger charge is 2.22. The maximum absolute atomic E-state index is 13.4. The Bertz CT molecular complexity index is 728. The monoisotopic (exact) mass is 301 g/mol. The van der Waals surface area contributed by atoms with E-state index >= 15 is 0 Å². The van der Waals surface area contributed by atoms with Crippen LogP contribution in [0.4, 0.5) is 10.2 Å². The number of aromatic amines is 1. The molecule has 4 N–H and O–H groups in total. The molecule has 0 aliphatic carbocycles. The lowest BCUT2D eigenvalue weighted by atomic mass is 10.3. The third-order valence-electron chi connectivity index (χ3n) is 2.12. The van der Waals surface area contributed by atoms with Crippen LogP contribution < -0.4 is 10.5 Å². The number of nitrogens with two attached hydrogens (primary N) is 1. The van der Waals surface area contributed by atoms with Crippen molar-refractivity contribution in [3.63, 3.8) is 0 Å². The van der Waals surface area contributed by atoms with Gasteiger partial charge >= 0.3 is 0 Å². The molecular weight excluding hydrogens is 293 g/mol. The molecule has 0 amide bonds. The molecule has 19 heavy (non-hydrogen) atoms. The van der Waals surface area contributed by atoms with Crippen molar-refractivity contribution in [3.8, 4) is 0 Å². The van der Waals surface area contributed by atoms with E-state index in [4.69, 9.17) is 18.0 Å². The molecule has 0 atom stereocenters. The largest absolute Gasteiger partial charge is 0.389 e.